The van der Waals surface area contributed by atoms with Gasteiger partial charge in [-0.25, -0.2) is 0 Å². The molecule has 2 aromatic rings. The molecule has 0 bridgehead atoms. The summed E-state index contributed by atoms with van der Waals surface area (Å²) in [7, 11) is 0. The topological polar surface area (TPSA) is 55.2 Å². The molecule has 1 aromatic heterocycles. The van der Waals surface area contributed by atoms with Gasteiger partial charge in [0.05, 0.1) is 4.92 Å². The Kier molecular flexibility index (Phi) is 3.94. The fourth-order valence-electron chi connectivity index (χ4n) is 1.61. The van der Waals surface area contributed by atoms with E-state index in [1.54, 1.807) is 12.1 Å². The fourth-order valence-corrected chi connectivity index (χ4v) is 2.37. The van der Waals surface area contributed by atoms with Gasteiger partial charge in [-0.1, -0.05) is 30.4 Å². The van der Waals surface area contributed by atoms with E-state index in [2.05, 4.69) is 24.4 Å². The minimum Gasteiger partial charge on any atom is -0.380 e. The largest absolute Gasteiger partial charge is 0.380 e. The normalized spacial score (nSPS) is 10.3. The van der Waals surface area contributed by atoms with Crippen LogP contribution in [0.5, 0.6) is 0 Å². The van der Waals surface area contributed by atoms with Crippen LogP contribution in [0.25, 0.3) is 0 Å². The van der Waals surface area contributed by atoms with E-state index in [-0.39, 0.29) is 9.92 Å². The van der Waals surface area contributed by atoms with E-state index in [0.29, 0.717) is 6.54 Å². The van der Waals surface area contributed by atoms with Gasteiger partial charge in [0.15, 0.2) is 0 Å². The lowest BCUT2D eigenvalue weighted by molar-refractivity contribution is -0.380. The quantitative estimate of drug-likeness (QED) is 0.658. The van der Waals surface area contributed by atoms with Crippen molar-refractivity contribution < 1.29 is 4.92 Å². The van der Waals surface area contributed by atoms with E-state index in [4.69, 9.17) is 0 Å². The molecule has 2 rings (SSSR count). The van der Waals surface area contributed by atoms with Crippen LogP contribution >= 0.6 is 11.3 Å². The maximum absolute atomic E-state index is 10.6. The second kappa shape index (κ2) is 5.64. The minimum absolute atomic E-state index is 0.188. The van der Waals surface area contributed by atoms with Crippen molar-refractivity contribution in [3.05, 3.63) is 57.0 Å². The summed E-state index contributed by atoms with van der Waals surface area (Å²) in [6, 6.07) is 11.6. The number of nitrogens with zero attached hydrogens (tertiary/aromatic N) is 1. The predicted octanol–water partition coefficient (Wildman–Crippen LogP) is 3.83. The van der Waals surface area contributed by atoms with Gasteiger partial charge in [-0.05, 0) is 30.2 Å². The Morgan fingerprint density at radius 2 is 1.94 bits per heavy atom. The first-order valence-electron chi connectivity index (χ1n) is 5.75. The zero-order chi connectivity index (χ0) is 13.0. The van der Waals surface area contributed by atoms with Gasteiger partial charge < -0.3 is 5.32 Å². The average Bonchev–Trinajstić information content (AvgIpc) is 2.86. The smallest absolute Gasteiger partial charge is 0.324 e. The highest BCUT2D eigenvalue weighted by Crippen LogP contribution is 2.24. The maximum atomic E-state index is 10.6. The number of hydrogen-bond donors (Lipinski definition) is 1. The molecule has 0 saturated carbocycles. The lowest BCUT2D eigenvalue weighted by atomic mass is 10.1. The van der Waals surface area contributed by atoms with Crippen LogP contribution in [0.2, 0.25) is 0 Å². The molecule has 0 aliphatic rings. The first-order valence-corrected chi connectivity index (χ1v) is 6.56. The number of aryl methyl sites for hydroxylation is 1. The number of hydrogen-bond acceptors (Lipinski definition) is 4. The molecule has 18 heavy (non-hydrogen) atoms. The third-order valence-corrected chi connectivity index (χ3v) is 3.69. The molecule has 0 aliphatic carbocycles. The third kappa shape index (κ3) is 3.07. The Labute approximate surface area is 109 Å². The van der Waals surface area contributed by atoms with E-state index in [1.807, 2.05) is 12.1 Å². The monoisotopic (exact) mass is 262 g/mol. The molecule has 0 aliphatic heterocycles. The number of thiophene rings is 1. The van der Waals surface area contributed by atoms with Gasteiger partial charge >= 0.3 is 5.00 Å². The summed E-state index contributed by atoms with van der Waals surface area (Å²) in [5.74, 6) is 0. The molecule has 4 nitrogen and oxygen atoms in total. The summed E-state index contributed by atoms with van der Waals surface area (Å²) < 4.78 is 0. The number of nitro groups is 1. The van der Waals surface area contributed by atoms with Gasteiger partial charge in [-0.3, -0.25) is 10.1 Å². The summed E-state index contributed by atoms with van der Waals surface area (Å²) in [6.07, 6.45) is 1.03. The van der Waals surface area contributed by atoms with Crippen molar-refractivity contribution >= 4 is 22.0 Å². The van der Waals surface area contributed by atoms with E-state index in [9.17, 15) is 10.1 Å². The molecule has 0 unspecified atom stereocenters. The van der Waals surface area contributed by atoms with Crippen LogP contribution in [0.4, 0.5) is 10.7 Å². The first-order chi connectivity index (χ1) is 8.69. The van der Waals surface area contributed by atoms with Gasteiger partial charge in [-0.15, -0.1) is 0 Å². The molecule has 0 fully saturated rings. The van der Waals surface area contributed by atoms with Crippen molar-refractivity contribution in [3.63, 3.8) is 0 Å². The van der Waals surface area contributed by atoms with Crippen LogP contribution in [0, 0.1) is 10.1 Å². The van der Waals surface area contributed by atoms with Crippen LogP contribution in [0.15, 0.2) is 36.4 Å². The molecule has 1 heterocycles. The Hall–Kier alpha value is -1.88. The molecule has 0 atom stereocenters. The molecule has 0 spiro atoms. The number of nitrogens with one attached hydrogen (secondary N) is 1. The summed E-state index contributed by atoms with van der Waals surface area (Å²) in [6.45, 7) is 2.73. The zero-order valence-electron chi connectivity index (χ0n) is 10.1. The highest BCUT2D eigenvalue weighted by atomic mass is 32.1. The van der Waals surface area contributed by atoms with Crippen molar-refractivity contribution in [1.29, 1.82) is 0 Å². The summed E-state index contributed by atoms with van der Waals surface area (Å²) in [4.78, 5) is 11.2. The molecule has 0 saturated heterocycles. The molecular weight excluding hydrogens is 248 g/mol. The Morgan fingerprint density at radius 1 is 1.22 bits per heavy atom. The summed E-state index contributed by atoms with van der Waals surface area (Å²) in [5.41, 5.74) is 2.33. The highest BCUT2D eigenvalue weighted by molar-refractivity contribution is 7.15. The Morgan fingerprint density at radius 3 is 2.50 bits per heavy atom. The first kappa shape index (κ1) is 12.6. The Bertz CT molecular complexity index is 534. The number of anilines is 1. The van der Waals surface area contributed by atoms with E-state index in [1.165, 1.54) is 16.9 Å². The Balaban J connectivity index is 1.95. The fraction of sp³-hybridized carbons (Fsp3) is 0.231. The second-order valence-electron chi connectivity index (χ2n) is 3.90. The van der Waals surface area contributed by atoms with E-state index < -0.39 is 0 Å². The van der Waals surface area contributed by atoms with E-state index >= 15 is 0 Å². The second-order valence-corrected chi connectivity index (χ2v) is 5.05. The summed E-state index contributed by atoms with van der Waals surface area (Å²) >= 11 is 1.21. The lowest BCUT2D eigenvalue weighted by Gasteiger charge is -2.05. The predicted molar refractivity (Wildman–Crippen MR) is 74.1 cm³/mol. The summed E-state index contributed by atoms with van der Waals surface area (Å²) in [5, 5.41) is 14.0. The molecule has 1 N–H and O–H groups in total. The maximum Gasteiger partial charge on any atom is 0.324 e. The molecule has 94 valence electrons. The molecule has 5 heteroatoms. The van der Waals surface area contributed by atoms with Crippen LogP contribution in [0.3, 0.4) is 0 Å². The zero-order valence-corrected chi connectivity index (χ0v) is 10.9. The molecular formula is C13H14N2O2S. The SMILES string of the molecule is CCc1ccc(NCc2ccc([N+](=O)[O-])s2)cc1. The van der Waals surface area contributed by atoms with Crippen LogP contribution in [-0.2, 0) is 13.0 Å². The van der Waals surface area contributed by atoms with E-state index in [0.717, 1.165) is 17.0 Å². The molecule has 0 radical (unpaired) electrons. The minimum atomic E-state index is -0.357. The average molecular weight is 262 g/mol. The molecule has 1 aromatic carbocycles. The highest BCUT2D eigenvalue weighted by Gasteiger charge is 2.09. The standard InChI is InChI=1S/C13H14N2O2S/c1-2-10-3-5-11(6-4-10)14-9-12-7-8-13(18-12)15(16)17/h3-8,14H,2,9H2,1H3. The van der Waals surface area contributed by atoms with Gasteiger partial charge in [0.25, 0.3) is 0 Å². The van der Waals surface area contributed by atoms with Crippen molar-refractivity contribution in [2.24, 2.45) is 0 Å². The number of rotatable bonds is 5. The van der Waals surface area contributed by atoms with Crippen molar-refractivity contribution in [1.82, 2.24) is 0 Å². The number of benzene rings is 1. The van der Waals surface area contributed by atoms with Gasteiger partial charge in [0.2, 0.25) is 0 Å². The lowest BCUT2D eigenvalue weighted by Crippen LogP contribution is -1.97. The van der Waals surface area contributed by atoms with Gasteiger partial charge in [0.1, 0.15) is 0 Å². The van der Waals surface area contributed by atoms with Gasteiger partial charge in [0, 0.05) is 23.2 Å². The van der Waals surface area contributed by atoms with Crippen LogP contribution in [0.1, 0.15) is 17.4 Å². The van der Waals surface area contributed by atoms with Crippen LogP contribution < -0.4 is 5.32 Å². The molecule has 0 amide bonds. The van der Waals surface area contributed by atoms with Crippen molar-refractivity contribution in [2.75, 3.05) is 5.32 Å². The third-order valence-electron chi connectivity index (χ3n) is 2.66. The van der Waals surface area contributed by atoms with Crippen LogP contribution in [-0.4, -0.2) is 4.92 Å². The van der Waals surface area contributed by atoms with Gasteiger partial charge in [-0.2, -0.15) is 0 Å². The van der Waals surface area contributed by atoms with Crippen molar-refractivity contribution in [2.45, 2.75) is 19.9 Å². The van der Waals surface area contributed by atoms with Crippen molar-refractivity contribution in [3.8, 4) is 0 Å².